The third-order valence-electron chi connectivity index (χ3n) is 4.89. The van der Waals surface area contributed by atoms with E-state index >= 15 is 0 Å². The van der Waals surface area contributed by atoms with Crippen LogP contribution < -0.4 is 28.4 Å². The van der Waals surface area contributed by atoms with Gasteiger partial charge >= 0.3 is 0 Å². The van der Waals surface area contributed by atoms with Gasteiger partial charge in [-0.1, -0.05) is 0 Å². The minimum Gasteiger partial charge on any atom is -0.496 e. The lowest BCUT2D eigenvalue weighted by atomic mass is 9.82. The second kappa shape index (κ2) is 6.42. The van der Waals surface area contributed by atoms with Crippen LogP contribution in [0.4, 0.5) is 0 Å². The molecule has 27 heavy (non-hydrogen) atoms. The number of ether oxygens (including phenoxy) is 6. The van der Waals surface area contributed by atoms with E-state index in [9.17, 15) is 5.11 Å². The number of hydrogen-bond acceptors (Lipinski definition) is 7. The van der Waals surface area contributed by atoms with Crippen LogP contribution in [0.25, 0.3) is 0 Å². The summed E-state index contributed by atoms with van der Waals surface area (Å²) in [5.41, 5.74) is 1.68. The first-order valence-corrected chi connectivity index (χ1v) is 8.60. The quantitative estimate of drug-likeness (QED) is 0.881. The lowest BCUT2D eigenvalue weighted by Crippen LogP contribution is -2.38. The minimum absolute atomic E-state index is 0.161. The molecule has 7 nitrogen and oxygen atoms in total. The maximum absolute atomic E-state index is 10.7. The number of aliphatic hydroxyl groups is 1. The van der Waals surface area contributed by atoms with Gasteiger partial charge in [-0.25, -0.2) is 0 Å². The van der Waals surface area contributed by atoms with E-state index in [0.717, 1.165) is 11.1 Å². The standard InChI is InChI=1S/C20H22O7/c1-20(21)9-13(12-7-15-16(26-10-25-15)8-14(12)27-20)19-17(23-3)5-11(22-2)6-18(19)24-4/h5-8,13,21H,9-10H2,1-4H3/t13-,20-/m0/s1. The third kappa shape index (κ3) is 2.98. The van der Waals surface area contributed by atoms with Gasteiger partial charge in [0.1, 0.15) is 23.0 Å². The van der Waals surface area contributed by atoms with Crippen LogP contribution in [0.15, 0.2) is 24.3 Å². The highest BCUT2D eigenvalue weighted by Gasteiger charge is 2.40. The first kappa shape index (κ1) is 17.6. The largest absolute Gasteiger partial charge is 0.496 e. The van der Waals surface area contributed by atoms with E-state index in [4.69, 9.17) is 28.4 Å². The van der Waals surface area contributed by atoms with Crippen LogP contribution in [-0.4, -0.2) is 39.0 Å². The lowest BCUT2D eigenvalue weighted by Gasteiger charge is -2.37. The van der Waals surface area contributed by atoms with Crippen molar-refractivity contribution >= 4 is 0 Å². The molecule has 0 unspecified atom stereocenters. The van der Waals surface area contributed by atoms with Crippen LogP contribution in [0.2, 0.25) is 0 Å². The van der Waals surface area contributed by atoms with Gasteiger partial charge in [-0.2, -0.15) is 0 Å². The fraction of sp³-hybridized carbons (Fsp3) is 0.400. The third-order valence-corrected chi connectivity index (χ3v) is 4.89. The van der Waals surface area contributed by atoms with Crippen molar-refractivity contribution in [2.24, 2.45) is 0 Å². The molecule has 0 bridgehead atoms. The summed E-state index contributed by atoms with van der Waals surface area (Å²) < 4.78 is 33.4. The maximum Gasteiger partial charge on any atom is 0.231 e. The van der Waals surface area contributed by atoms with Crippen LogP contribution in [0, 0.1) is 0 Å². The van der Waals surface area contributed by atoms with E-state index in [2.05, 4.69) is 0 Å². The normalized spacial score (nSPS) is 22.6. The van der Waals surface area contributed by atoms with Gasteiger partial charge in [0.2, 0.25) is 12.6 Å². The molecule has 0 aromatic heterocycles. The fourth-order valence-corrected chi connectivity index (χ4v) is 3.70. The van der Waals surface area contributed by atoms with Gasteiger partial charge in [0.15, 0.2) is 11.5 Å². The fourth-order valence-electron chi connectivity index (χ4n) is 3.70. The van der Waals surface area contributed by atoms with Gasteiger partial charge in [-0.3, -0.25) is 0 Å². The second-order valence-corrected chi connectivity index (χ2v) is 6.72. The molecule has 2 atom stereocenters. The Hall–Kier alpha value is -2.80. The van der Waals surface area contributed by atoms with Gasteiger partial charge in [0.05, 0.1) is 21.3 Å². The molecule has 0 saturated carbocycles. The van der Waals surface area contributed by atoms with Crippen molar-refractivity contribution in [3.63, 3.8) is 0 Å². The zero-order valence-electron chi connectivity index (χ0n) is 15.7. The number of methoxy groups -OCH3 is 3. The molecule has 1 N–H and O–H groups in total. The summed E-state index contributed by atoms with van der Waals surface area (Å²) in [6.45, 7) is 1.80. The molecule has 0 spiro atoms. The van der Waals surface area contributed by atoms with E-state index < -0.39 is 5.79 Å². The molecule has 0 radical (unpaired) electrons. The highest BCUT2D eigenvalue weighted by atomic mass is 16.7. The van der Waals surface area contributed by atoms with E-state index in [1.54, 1.807) is 46.5 Å². The van der Waals surface area contributed by atoms with Crippen molar-refractivity contribution in [3.8, 4) is 34.5 Å². The predicted molar refractivity (Wildman–Crippen MR) is 96.4 cm³/mol. The van der Waals surface area contributed by atoms with E-state index in [-0.39, 0.29) is 12.7 Å². The predicted octanol–water partition coefficient (Wildman–Crippen LogP) is 3.06. The monoisotopic (exact) mass is 374 g/mol. The second-order valence-electron chi connectivity index (χ2n) is 6.72. The number of hydrogen-bond donors (Lipinski definition) is 1. The van der Waals surface area contributed by atoms with Gasteiger partial charge in [0, 0.05) is 48.6 Å². The van der Waals surface area contributed by atoms with Crippen LogP contribution in [0.1, 0.15) is 30.4 Å². The summed E-state index contributed by atoms with van der Waals surface area (Å²) in [4.78, 5) is 0. The molecule has 2 aliphatic heterocycles. The topological polar surface area (TPSA) is 75.6 Å². The molecule has 144 valence electrons. The zero-order chi connectivity index (χ0) is 19.2. The van der Waals surface area contributed by atoms with Crippen LogP contribution in [0.5, 0.6) is 34.5 Å². The Labute approximate surface area is 157 Å². The number of benzene rings is 2. The van der Waals surface area contributed by atoms with Crippen LogP contribution >= 0.6 is 0 Å². The molecule has 0 amide bonds. The zero-order valence-corrected chi connectivity index (χ0v) is 15.7. The molecule has 2 aromatic rings. The van der Waals surface area contributed by atoms with Crippen molar-refractivity contribution < 1.29 is 33.5 Å². The number of fused-ring (bicyclic) bond motifs is 2. The Morgan fingerprint density at radius 1 is 0.926 bits per heavy atom. The Morgan fingerprint density at radius 2 is 1.56 bits per heavy atom. The molecule has 4 rings (SSSR count). The van der Waals surface area contributed by atoms with Gasteiger partial charge in [0.25, 0.3) is 0 Å². The smallest absolute Gasteiger partial charge is 0.231 e. The highest BCUT2D eigenvalue weighted by Crippen LogP contribution is 2.52. The molecule has 0 saturated heterocycles. The van der Waals surface area contributed by atoms with Crippen molar-refractivity contribution in [3.05, 3.63) is 35.4 Å². The van der Waals surface area contributed by atoms with Crippen molar-refractivity contribution in [1.82, 2.24) is 0 Å². The summed E-state index contributed by atoms with van der Waals surface area (Å²) in [5.74, 6) is 2.03. The Bertz CT molecular complexity index is 850. The van der Waals surface area contributed by atoms with Crippen molar-refractivity contribution in [1.29, 1.82) is 0 Å². The van der Waals surface area contributed by atoms with E-state index in [0.29, 0.717) is 40.9 Å². The summed E-state index contributed by atoms with van der Waals surface area (Å²) in [7, 11) is 4.77. The molecule has 7 heteroatoms. The SMILES string of the molecule is COc1cc(OC)c([C@H]2C[C@@](C)(O)Oc3cc4c(cc32)OCO4)c(OC)c1. The van der Waals surface area contributed by atoms with Gasteiger partial charge < -0.3 is 33.5 Å². The van der Waals surface area contributed by atoms with Gasteiger partial charge in [-0.15, -0.1) is 0 Å². The molecule has 0 aliphatic carbocycles. The van der Waals surface area contributed by atoms with Crippen LogP contribution in [-0.2, 0) is 0 Å². The van der Waals surface area contributed by atoms with Crippen LogP contribution in [0.3, 0.4) is 0 Å². The molecular weight excluding hydrogens is 352 g/mol. The summed E-state index contributed by atoms with van der Waals surface area (Å²) >= 11 is 0. The number of rotatable bonds is 4. The molecule has 2 heterocycles. The maximum atomic E-state index is 10.7. The van der Waals surface area contributed by atoms with Crippen molar-refractivity contribution in [2.75, 3.05) is 28.1 Å². The first-order chi connectivity index (χ1) is 13.0. The molecule has 0 fully saturated rings. The molecule has 2 aromatic carbocycles. The highest BCUT2D eigenvalue weighted by molar-refractivity contribution is 5.61. The summed E-state index contributed by atoms with van der Waals surface area (Å²) in [6.07, 6.45) is 0.318. The Balaban J connectivity index is 1.92. The lowest BCUT2D eigenvalue weighted by molar-refractivity contribution is -0.137. The summed E-state index contributed by atoms with van der Waals surface area (Å²) in [6, 6.07) is 7.24. The Morgan fingerprint density at radius 3 is 2.15 bits per heavy atom. The average molecular weight is 374 g/mol. The van der Waals surface area contributed by atoms with Crippen molar-refractivity contribution in [2.45, 2.75) is 25.0 Å². The summed E-state index contributed by atoms with van der Waals surface area (Å²) in [5, 5.41) is 10.7. The van der Waals surface area contributed by atoms with Gasteiger partial charge in [-0.05, 0) is 6.07 Å². The van der Waals surface area contributed by atoms with E-state index in [1.165, 1.54) is 0 Å². The average Bonchev–Trinajstić information content (AvgIpc) is 3.11. The minimum atomic E-state index is -1.36. The Kier molecular flexibility index (Phi) is 4.19. The van der Waals surface area contributed by atoms with E-state index in [1.807, 2.05) is 6.07 Å². The molecule has 2 aliphatic rings. The first-order valence-electron chi connectivity index (χ1n) is 8.60. The molecular formula is C20H22O7.